The smallest absolute Gasteiger partial charge is 0.185 e. The number of hydrogen-bond donors (Lipinski definition) is 0. The molecule has 0 aromatic heterocycles. The Balaban J connectivity index is 2.87. The van der Waals surface area contributed by atoms with Gasteiger partial charge < -0.3 is 18.1 Å². The van der Waals surface area contributed by atoms with E-state index in [0.717, 1.165) is 0 Å². The van der Waals surface area contributed by atoms with Gasteiger partial charge in [-0.15, -0.1) is 0 Å². The predicted octanol–water partition coefficient (Wildman–Crippen LogP) is 4.00. The molecule has 0 aliphatic carbocycles. The summed E-state index contributed by atoms with van der Waals surface area (Å²) in [4.78, 5) is 0. The molecule has 0 amide bonds. The van der Waals surface area contributed by atoms with E-state index in [4.69, 9.17) is 41.7 Å². The highest BCUT2D eigenvalue weighted by molar-refractivity contribution is 8.09. The van der Waals surface area contributed by atoms with Gasteiger partial charge >= 0.3 is 0 Å². The van der Waals surface area contributed by atoms with E-state index in [0.29, 0.717) is 26.4 Å². The second-order valence-electron chi connectivity index (χ2n) is 6.96. The van der Waals surface area contributed by atoms with Crippen molar-refractivity contribution in [1.29, 1.82) is 0 Å². The van der Waals surface area contributed by atoms with Crippen molar-refractivity contribution in [2.75, 3.05) is 39.8 Å². The monoisotopic (exact) mass is 360 g/mol. The second kappa shape index (κ2) is 6.72. The van der Waals surface area contributed by atoms with Crippen LogP contribution in [0.3, 0.4) is 0 Å². The summed E-state index contributed by atoms with van der Waals surface area (Å²) in [7, 11) is 0. The summed E-state index contributed by atoms with van der Waals surface area (Å²) in [5.41, 5.74) is -0.330. The summed E-state index contributed by atoms with van der Waals surface area (Å²) in [6, 6.07) is 0. The third-order valence-electron chi connectivity index (χ3n) is 2.76. The summed E-state index contributed by atoms with van der Waals surface area (Å²) in [5, 5.41) is 0. The first-order chi connectivity index (χ1) is 8.83. The Hall–Kier alpha value is 1.14. The molecule has 0 spiro atoms. The number of rotatable bonds is 0. The first kappa shape index (κ1) is 19.2. The van der Waals surface area contributed by atoms with Crippen molar-refractivity contribution in [3.8, 4) is 0 Å². The molecule has 1 fully saturated rings. The fourth-order valence-corrected chi connectivity index (χ4v) is 4.44. The molecule has 0 aromatic rings. The van der Waals surface area contributed by atoms with Gasteiger partial charge in [-0.3, -0.25) is 0 Å². The molecule has 120 valence electrons. The van der Waals surface area contributed by atoms with Crippen LogP contribution in [0.2, 0.25) is 0 Å². The molecule has 4 nitrogen and oxygen atoms in total. The minimum Gasteiger partial charge on any atom is -0.329 e. The molecule has 0 aromatic carbocycles. The topological polar surface area (TPSA) is 36.9 Å². The molecule has 1 aliphatic rings. The largest absolute Gasteiger partial charge is 0.329 e. The van der Waals surface area contributed by atoms with Gasteiger partial charge in [0, 0.05) is 24.2 Å². The summed E-state index contributed by atoms with van der Waals surface area (Å²) in [6.45, 7) is 9.52. The zero-order valence-electron chi connectivity index (χ0n) is 13.2. The summed E-state index contributed by atoms with van der Waals surface area (Å²) < 4.78 is 23.4. The first-order valence-corrected chi connectivity index (χ1v) is 12.7. The van der Waals surface area contributed by atoms with Crippen LogP contribution in [0.1, 0.15) is 27.7 Å². The van der Waals surface area contributed by atoms with Gasteiger partial charge in [0.2, 0.25) is 0 Å². The standard InChI is InChI=1S/C12H26O4P2S2/c1-11(2)7-13-17(5,19)15-9-12(3,4)10-16-18(6,20)14-8-11/h7-10H2,1-6H3. The Labute approximate surface area is 133 Å². The van der Waals surface area contributed by atoms with E-state index >= 15 is 0 Å². The average molecular weight is 360 g/mol. The molecule has 8 heteroatoms. The van der Waals surface area contributed by atoms with Crippen LogP contribution in [-0.2, 0) is 41.7 Å². The van der Waals surface area contributed by atoms with Crippen molar-refractivity contribution in [1.82, 2.24) is 0 Å². The molecule has 1 rings (SSSR count). The minimum atomic E-state index is -2.23. The van der Waals surface area contributed by atoms with Crippen LogP contribution in [0.25, 0.3) is 0 Å². The van der Waals surface area contributed by atoms with Crippen LogP contribution in [-0.4, -0.2) is 39.8 Å². The molecule has 0 bridgehead atoms. The molecule has 20 heavy (non-hydrogen) atoms. The molecule has 1 saturated heterocycles. The Kier molecular flexibility index (Phi) is 6.44. The van der Waals surface area contributed by atoms with Gasteiger partial charge in [0.05, 0.1) is 26.4 Å². The summed E-state index contributed by atoms with van der Waals surface area (Å²) in [5.74, 6) is 0. The molecule has 0 saturated carbocycles. The Morgan fingerprint density at radius 3 is 1.05 bits per heavy atom. The van der Waals surface area contributed by atoms with E-state index in [2.05, 4.69) is 27.7 Å². The molecule has 1 heterocycles. The van der Waals surface area contributed by atoms with Crippen LogP contribution in [0.15, 0.2) is 0 Å². The number of hydrogen-bond acceptors (Lipinski definition) is 6. The van der Waals surface area contributed by atoms with Crippen LogP contribution >= 0.6 is 13.0 Å². The molecule has 0 unspecified atom stereocenters. The molecular weight excluding hydrogens is 334 g/mol. The van der Waals surface area contributed by atoms with Crippen LogP contribution in [0.4, 0.5) is 0 Å². The van der Waals surface area contributed by atoms with E-state index in [1.165, 1.54) is 0 Å². The third kappa shape index (κ3) is 7.42. The van der Waals surface area contributed by atoms with Crippen LogP contribution < -0.4 is 0 Å². The van der Waals surface area contributed by atoms with E-state index in [9.17, 15) is 0 Å². The molecular formula is C12H26O4P2S2. The Bertz CT molecular complexity index is 369. The summed E-state index contributed by atoms with van der Waals surface area (Å²) in [6.07, 6.45) is 0. The fourth-order valence-electron chi connectivity index (χ4n) is 1.33. The minimum absolute atomic E-state index is 0.165. The first-order valence-electron chi connectivity index (χ1n) is 6.56. The summed E-state index contributed by atoms with van der Waals surface area (Å²) >= 11 is 10.9. The van der Waals surface area contributed by atoms with Gasteiger partial charge in [-0.05, 0) is 23.6 Å². The Morgan fingerprint density at radius 1 is 0.650 bits per heavy atom. The lowest BCUT2D eigenvalue weighted by atomic mass is 9.97. The van der Waals surface area contributed by atoms with Crippen molar-refractivity contribution in [2.24, 2.45) is 10.8 Å². The van der Waals surface area contributed by atoms with Gasteiger partial charge in [-0.1, -0.05) is 27.7 Å². The van der Waals surface area contributed by atoms with E-state index in [-0.39, 0.29) is 10.8 Å². The quantitative estimate of drug-likeness (QED) is 0.608. The van der Waals surface area contributed by atoms with Crippen molar-refractivity contribution in [3.63, 3.8) is 0 Å². The van der Waals surface area contributed by atoms with Gasteiger partial charge in [0.25, 0.3) is 0 Å². The van der Waals surface area contributed by atoms with Gasteiger partial charge in [-0.2, -0.15) is 0 Å². The molecule has 0 N–H and O–H groups in total. The van der Waals surface area contributed by atoms with Crippen LogP contribution in [0.5, 0.6) is 0 Å². The van der Waals surface area contributed by atoms with Crippen molar-refractivity contribution >= 4 is 36.6 Å². The zero-order chi connectivity index (χ0) is 15.7. The highest BCUT2D eigenvalue weighted by Gasteiger charge is 2.30. The van der Waals surface area contributed by atoms with E-state index in [1.807, 2.05) is 13.3 Å². The highest BCUT2D eigenvalue weighted by atomic mass is 32.5. The maximum Gasteiger partial charge on any atom is 0.185 e. The molecule has 0 radical (unpaired) electrons. The van der Waals surface area contributed by atoms with Crippen LogP contribution in [0, 0.1) is 10.8 Å². The average Bonchev–Trinajstić information content (AvgIpc) is 2.30. The van der Waals surface area contributed by atoms with Gasteiger partial charge in [0.15, 0.2) is 13.0 Å². The highest BCUT2D eigenvalue weighted by Crippen LogP contribution is 2.51. The van der Waals surface area contributed by atoms with E-state index in [1.54, 1.807) is 0 Å². The van der Waals surface area contributed by atoms with Crippen molar-refractivity contribution in [2.45, 2.75) is 27.7 Å². The van der Waals surface area contributed by atoms with Crippen molar-refractivity contribution in [3.05, 3.63) is 0 Å². The lowest BCUT2D eigenvalue weighted by Gasteiger charge is -2.34. The predicted molar refractivity (Wildman–Crippen MR) is 91.8 cm³/mol. The second-order valence-corrected chi connectivity index (χ2v) is 15.1. The maximum absolute atomic E-state index is 5.84. The lowest BCUT2D eigenvalue weighted by molar-refractivity contribution is 0.0622. The van der Waals surface area contributed by atoms with Crippen molar-refractivity contribution < 1.29 is 18.1 Å². The molecule has 1 aliphatic heterocycles. The third-order valence-corrected chi connectivity index (χ3v) is 6.42. The van der Waals surface area contributed by atoms with Gasteiger partial charge in [0.1, 0.15) is 0 Å². The van der Waals surface area contributed by atoms with Gasteiger partial charge in [-0.25, -0.2) is 0 Å². The van der Waals surface area contributed by atoms with E-state index < -0.39 is 13.0 Å². The maximum atomic E-state index is 5.84. The fraction of sp³-hybridized carbons (Fsp3) is 1.00. The lowest BCUT2D eigenvalue weighted by Crippen LogP contribution is -2.28. The SMILES string of the molecule is CC1(C)COP(C)(=S)OCC(C)(C)COP(C)(=S)OC1. The molecule has 0 atom stereocenters. The normalized spacial score (nSPS) is 39.5. The zero-order valence-corrected chi connectivity index (χ0v) is 16.6. The Morgan fingerprint density at radius 2 is 0.850 bits per heavy atom.